The van der Waals surface area contributed by atoms with Crippen LogP contribution in [0.3, 0.4) is 0 Å². The van der Waals surface area contributed by atoms with Crippen LogP contribution in [0.4, 0.5) is 0 Å². The third-order valence-electron chi connectivity index (χ3n) is 5.11. The summed E-state index contributed by atoms with van der Waals surface area (Å²) < 4.78 is 11.1. The summed E-state index contributed by atoms with van der Waals surface area (Å²) in [6.45, 7) is 3.70. The Morgan fingerprint density at radius 1 is 1.14 bits per heavy atom. The highest BCUT2D eigenvalue weighted by Gasteiger charge is 2.33. The van der Waals surface area contributed by atoms with Crippen LogP contribution in [0, 0.1) is 5.92 Å². The Morgan fingerprint density at radius 3 is 2.76 bits per heavy atom. The highest BCUT2D eigenvalue weighted by molar-refractivity contribution is 7.11. The molecule has 1 atom stereocenters. The first-order valence-electron chi connectivity index (χ1n) is 8.32. The molecule has 0 N–H and O–H groups in total. The first-order valence-corrected chi connectivity index (χ1v) is 9.13. The van der Waals surface area contributed by atoms with E-state index >= 15 is 0 Å². The van der Waals surface area contributed by atoms with E-state index in [-0.39, 0.29) is 6.29 Å². The molecule has 1 aromatic heterocycles. The SMILES string of the molecule is c1nc(C2OCCO2)sc1CN1CCCCC1C1CCC1. The van der Waals surface area contributed by atoms with Crippen molar-refractivity contribution in [2.24, 2.45) is 5.92 Å². The normalized spacial score (nSPS) is 28.9. The maximum Gasteiger partial charge on any atom is 0.211 e. The fraction of sp³-hybridized carbons (Fsp3) is 0.812. The zero-order chi connectivity index (χ0) is 14.1. The van der Waals surface area contributed by atoms with Gasteiger partial charge in [-0.25, -0.2) is 4.98 Å². The van der Waals surface area contributed by atoms with Crippen molar-refractivity contribution in [3.63, 3.8) is 0 Å². The zero-order valence-electron chi connectivity index (χ0n) is 12.5. The molecule has 0 bridgehead atoms. The van der Waals surface area contributed by atoms with Gasteiger partial charge >= 0.3 is 0 Å². The average Bonchev–Trinajstić information content (AvgIpc) is 3.09. The van der Waals surface area contributed by atoms with E-state index in [2.05, 4.69) is 9.88 Å². The lowest BCUT2D eigenvalue weighted by molar-refractivity contribution is -0.0442. The molecule has 0 amide bonds. The van der Waals surface area contributed by atoms with Crippen LogP contribution in [0.1, 0.15) is 54.7 Å². The average molecular weight is 308 g/mol. The summed E-state index contributed by atoms with van der Waals surface area (Å²) in [5, 5.41) is 0.986. The van der Waals surface area contributed by atoms with E-state index in [9.17, 15) is 0 Å². The number of likely N-dealkylation sites (tertiary alicyclic amines) is 1. The first-order chi connectivity index (χ1) is 10.4. The fourth-order valence-electron chi connectivity index (χ4n) is 3.78. The molecule has 0 radical (unpaired) electrons. The highest BCUT2D eigenvalue weighted by Crippen LogP contribution is 2.37. The van der Waals surface area contributed by atoms with Crippen molar-refractivity contribution in [1.29, 1.82) is 0 Å². The Labute approximate surface area is 130 Å². The van der Waals surface area contributed by atoms with Crippen LogP contribution < -0.4 is 0 Å². The lowest BCUT2D eigenvalue weighted by atomic mass is 9.76. The molecule has 4 nitrogen and oxygen atoms in total. The topological polar surface area (TPSA) is 34.6 Å². The van der Waals surface area contributed by atoms with Gasteiger partial charge in [-0.3, -0.25) is 4.90 Å². The van der Waals surface area contributed by atoms with E-state index in [0.29, 0.717) is 13.2 Å². The molecular formula is C16H24N2O2S. The first kappa shape index (κ1) is 14.1. The Kier molecular flexibility index (Phi) is 4.25. The molecule has 2 aliphatic heterocycles. The van der Waals surface area contributed by atoms with Gasteiger partial charge in [0, 0.05) is 23.7 Å². The fourth-order valence-corrected chi connectivity index (χ4v) is 4.72. The smallest absolute Gasteiger partial charge is 0.211 e. The third-order valence-corrected chi connectivity index (χ3v) is 6.12. The van der Waals surface area contributed by atoms with E-state index in [0.717, 1.165) is 23.5 Å². The van der Waals surface area contributed by atoms with Crippen LogP contribution in [-0.4, -0.2) is 35.7 Å². The molecule has 2 saturated heterocycles. The van der Waals surface area contributed by atoms with E-state index in [4.69, 9.17) is 9.47 Å². The van der Waals surface area contributed by atoms with Crippen molar-refractivity contribution in [2.45, 2.75) is 57.4 Å². The molecule has 3 fully saturated rings. The summed E-state index contributed by atoms with van der Waals surface area (Å²) in [6.07, 6.45) is 10.3. The van der Waals surface area contributed by atoms with Gasteiger partial charge in [0.25, 0.3) is 0 Å². The number of ether oxygens (including phenoxy) is 2. The van der Waals surface area contributed by atoms with Crippen molar-refractivity contribution in [1.82, 2.24) is 9.88 Å². The standard InChI is InChI=1S/C16H24N2O2S/c1-2-7-18(14(6-1)12-4-3-5-12)11-13-10-17-15(21-13)16-19-8-9-20-16/h10,12,14,16H,1-9,11H2. The second-order valence-electron chi connectivity index (χ2n) is 6.46. The molecule has 3 aliphatic rings. The summed E-state index contributed by atoms with van der Waals surface area (Å²) in [6, 6.07) is 0.817. The van der Waals surface area contributed by atoms with E-state index < -0.39 is 0 Å². The van der Waals surface area contributed by atoms with Crippen molar-refractivity contribution >= 4 is 11.3 Å². The number of piperidine rings is 1. The lowest BCUT2D eigenvalue weighted by Gasteiger charge is -2.43. The molecule has 0 aromatic carbocycles. The minimum absolute atomic E-state index is 0.215. The predicted octanol–water partition coefficient (Wildman–Crippen LogP) is 3.34. The lowest BCUT2D eigenvalue weighted by Crippen LogP contribution is -2.45. The van der Waals surface area contributed by atoms with Gasteiger partial charge in [-0.2, -0.15) is 0 Å². The number of hydrogen-bond donors (Lipinski definition) is 0. The van der Waals surface area contributed by atoms with Gasteiger partial charge in [0.2, 0.25) is 6.29 Å². The van der Waals surface area contributed by atoms with Crippen molar-refractivity contribution < 1.29 is 9.47 Å². The number of thiazole rings is 1. The Bertz CT molecular complexity index is 469. The maximum atomic E-state index is 5.54. The van der Waals surface area contributed by atoms with Crippen LogP contribution in [-0.2, 0) is 16.0 Å². The van der Waals surface area contributed by atoms with Gasteiger partial charge in [0.05, 0.1) is 13.2 Å². The zero-order valence-corrected chi connectivity index (χ0v) is 13.3. The van der Waals surface area contributed by atoms with E-state index in [1.54, 1.807) is 11.3 Å². The second-order valence-corrected chi connectivity index (χ2v) is 7.61. The van der Waals surface area contributed by atoms with Gasteiger partial charge in [-0.15, -0.1) is 11.3 Å². The summed E-state index contributed by atoms with van der Waals surface area (Å²) >= 11 is 1.76. The van der Waals surface area contributed by atoms with Gasteiger partial charge in [-0.1, -0.05) is 12.8 Å². The molecule has 1 aromatic rings. The number of rotatable bonds is 4. The molecule has 3 heterocycles. The van der Waals surface area contributed by atoms with Crippen LogP contribution in [0.25, 0.3) is 0 Å². The second kappa shape index (κ2) is 6.32. The van der Waals surface area contributed by atoms with Crippen molar-refractivity contribution in [2.75, 3.05) is 19.8 Å². The summed E-state index contributed by atoms with van der Waals surface area (Å²) in [4.78, 5) is 8.58. The molecule has 4 rings (SSSR count). The van der Waals surface area contributed by atoms with E-state index in [1.807, 2.05) is 6.20 Å². The summed E-state index contributed by atoms with van der Waals surface area (Å²) in [7, 11) is 0. The molecule has 1 unspecified atom stereocenters. The van der Waals surface area contributed by atoms with Crippen LogP contribution in [0.2, 0.25) is 0 Å². The highest BCUT2D eigenvalue weighted by atomic mass is 32.1. The molecule has 5 heteroatoms. The molecule has 116 valence electrons. The van der Waals surface area contributed by atoms with Crippen molar-refractivity contribution in [3.8, 4) is 0 Å². The molecular weight excluding hydrogens is 284 g/mol. The molecule has 1 aliphatic carbocycles. The van der Waals surface area contributed by atoms with Gasteiger partial charge < -0.3 is 9.47 Å². The monoisotopic (exact) mass is 308 g/mol. The number of nitrogens with zero attached hydrogens (tertiary/aromatic N) is 2. The minimum atomic E-state index is -0.215. The van der Waals surface area contributed by atoms with Crippen LogP contribution >= 0.6 is 11.3 Å². The number of hydrogen-bond acceptors (Lipinski definition) is 5. The summed E-state index contributed by atoms with van der Waals surface area (Å²) in [5.41, 5.74) is 0. The Morgan fingerprint density at radius 2 is 2.00 bits per heavy atom. The van der Waals surface area contributed by atoms with Gasteiger partial charge in [0.1, 0.15) is 5.01 Å². The van der Waals surface area contributed by atoms with Crippen molar-refractivity contribution in [3.05, 3.63) is 16.1 Å². The molecule has 0 spiro atoms. The Balaban J connectivity index is 1.41. The largest absolute Gasteiger partial charge is 0.344 e. The van der Waals surface area contributed by atoms with Gasteiger partial charge in [-0.05, 0) is 38.1 Å². The third kappa shape index (κ3) is 3.02. The minimum Gasteiger partial charge on any atom is -0.344 e. The van der Waals surface area contributed by atoms with Gasteiger partial charge in [0.15, 0.2) is 0 Å². The maximum absolute atomic E-state index is 5.54. The molecule has 1 saturated carbocycles. The van der Waals surface area contributed by atoms with E-state index in [1.165, 1.54) is 49.9 Å². The predicted molar refractivity (Wildman–Crippen MR) is 82.1 cm³/mol. The summed E-state index contributed by atoms with van der Waals surface area (Å²) in [5.74, 6) is 0.958. The van der Waals surface area contributed by atoms with Crippen LogP contribution in [0.15, 0.2) is 6.20 Å². The molecule has 21 heavy (non-hydrogen) atoms. The quantitative estimate of drug-likeness (QED) is 0.854. The van der Waals surface area contributed by atoms with Crippen LogP contribution in [0.5, 0.6) is 0 Å². The Hall–Kier alpha value is -0.490. The number of aromatic nitrogens is 1.